The zero-order valence-corrected chi connectivity index (χ0v) is 22.5. The first-order valence-corrected chi connectivity index (χ1v) is 14.1. The van der Waals surface area contributed by atoms with Crippen LogP contribution in [0.2, 0.25) is 0 Å². The average Bonchev–Trinajstić information content (AvgIpc) is 3.02. The second-order valence-electron chi connectivity index (χ2n) is 11.3. The van der Waals surface area contributed by atoms with Crippen molar-refractivity contribution in [2.45, 2.75) is 13.8 Å². The van der Waals surface area contributed by atoms with Crippen LogP contribution in [0.5, 0.6) is 0 Å². The predicted molar refractivity (Wildman–Crippen MR) is 176 cm³/mol. The van der Waals surface area contributed by atoms with Gasteiger partial charge in [-0.25, -0.2) is 0 Å². The number of hydrogen-bond acceptors (Lipinski definition) is 0. The smallest absolute Gasteiger partial charge is 0.000753 e. The first-order valence-electron chi connectivity index (χ1n) is 14.1. The van der Waals surface area contributed by atoms with Crippen LogP contribution in [0.15, 0.2) is 121 Å². The molecule has 0 aliphatic heterocycles. The number of hydrogen-bond donors (Lipinski definition) is 0. The minimum absolute atomic E-state index is 1.28. The number of fused-ring (bicyclic) bond motifs is 15. The third kappa shape index (κ3) is 2.71. The van der Waals surface area contributed by atoms with Gasteiger partial charge in [-0.3, -0.25) is 0 Å². The van der Waals surface area contributed by atoms with Gasteiger partial charge in [-0.05, 0) is 111 Å². The minimum Gasteiger partial charge on any atom is -0.0616 e. The lowest BCUT2D eigenvalue weighted by atomic mass is 9.82. The van der Waals surface area contributed by atoms with Crippen LogP contribution < -0.4 is 0 Å². The Bertz CT molecular complexity index is 2370. The van der Waals surface area contributed by atoms with Crippen molar-refractivity contribution in [1.29, 1.82) is 0 Å². The minimum atomic E-state index is 1.28. The average molecular weight is 507 g/mol. The Balaban J connectivity index is 1.74. The van der Waals surface area contributed by atoms with Gasteiger partial charge in [0, 0.05) is 0 Å². The van der Waals surface area contributed by atoms with Crippen LogP contribution in [-0.4, -0.2) is 0 Å². The van der Waals surface area contributed by atoms with Crippen LogP contribution in [0.1, 0.15) is 11.1 Å². The molecule has 0 spiro atoms. The molecule has 9 rings (SSSR count). The maximum atomic E-state index is 2.39. The highest BCUT2D eigenvalue weighted by Gasteiger charge is 2.20. The zero-order chi connectivity index (χ0) is 26.5. The molecule has 0 nitrogen and oxygen atoms in total. The summed E-state index contributed by atoms with van der Waals surface area (Å²) in [7, 11) is 0. The molecule has 0 atom stereocenters. The third-order valence-corrected chi connectivity index (χ3v) is 9.34. The highest BCUT2D eigenvalue weighted by Crippen LogP contribution is 2.48. The largest absolute Gasteiger partial charge is 0.0616 e. The second kappa shape index (κ2) is 7.81. The van der Waals surface area contributed by atoms with Crippen LogP contribution in [0.3, 0.4) is 0 Å². The molecular weight excluding hydrogens is 480 g/mol. The third-order valence-electron chi connectivity index (χ3n) is 9.34. The Morgan fingerprint density at radius 3 is 1.05 bits per heavy atom. The van der Waals surface area contributed by atoms with Crippen LogP contribution in [0, 0.1) is 13.8 Å². The number of aryl methyl sites for hydroxylation is 2. The van der Waals surface area contributed by atoms with Gasteiger partial charge < -0.3 is 0 Å². The molecule has 0 aliphatic carbocycles. The highest BCUT2D eigenvalue weighted by molar-refractivity contribution is 6.42. The molecule has 0 bridgehead atoms. The molecule has 0 aromatic heterocycles. The van der Waals surface area contributed by atoms with E-state index in [1.165, 1.54) is 97.3 Å². The van der Waals surface area contributed by atoms with Crippen molar-refractivity contribution in [3.05, 3.63) is 132 Å². The fourth-order valence-electron chi connectivity index (χ4n) is 7.59. The van der Waals surface area contributed by atoms with E-state index in [1.807, 2.05) is 0 Å². The molecular formula is C40H26. The molecule has 0 heterocycles. The summed E-state index contributed by atoms with van der Waals surface area (Å²) in [5.41, 5.74) is 2.72. The fourth-order valence-corrected chi connectivity index (χ4v) is 7.59. The van der Waals surface area contributed by atoms with Crippen LogP contribution in [-0.2, 0) is 0 Å². The van der Waals surface area contributed by atoms with Gasteiger partial charge in [0.25, 0.3) is 0 Å². The van der Waals surface area contributed by atoms with Crippen molar-refractivity contribution in [1.82, 2.24) is 0 Å². The molecule has 0 amide bonds. The lowest BCUT2D eigenvalue weighted by Gasteiger charge is -2.21. The molecule has 0 N–H and O–H groups in total. The summed E-state index contributed by atoms with van der Waals surface area (Å²) in [5, 5.41) is 21.4. The highest BCUT2D eigenvalue weighted by atomic mass is 14.2. The van der Waals surface area contributed by atoms with E-state index in [-0.39, 0.29) is 0 Å². The van der Waals surface area contributed by atoms with E-state index in [0.29, 0.717) is 0 Å². The van der Waals surface area contributed by atoms with Crippen molar-refractivity contribution >= 4 is 86.2 Å². The quantitative estimate of drug-likeness (QED) is 0.142. The molecule has 0 saturated heterocycles. The van der Waals surface area contributed by atoms with Crippen LogP contribution in [0.4, 0.5) is 0 Å². The molecule has 0 saturated carbocycles. The maximum Gasteiger partial charge on any atom is -0.000753 e. The topological polar surface area (TPSA) is 0 Å². The normalized spacial score (nSPS) is 12.2. The van der Waals surface area contributed by atoms with Crippen LogP contribution >= 0.6 is 0 Å². The SMILES string of the molecule is Cc1c2ccccc2c(C)c2c3ccc4ccc5ccccc5c4c3c3c(ccc4ccc5ccccc5c43)c12. The van der Waals surface area contributed by atoms with E-state index in [2.05, 4.69) is 135 Å². The lowest BCUT2D eigenvalue weighted by molar-refractivity contribution is 1.54. The Hall–Kier alpha value is -4.94. The van der Waals surface area contributed by atoms with E-state index in [9.17, 15) is 0 Å². The van der Waals surface area contributed by atoms with Crippen molar-refractivity contribution in [3.8, 4) is 0 Å². The molecule has 186 valence electrons. The summed E-state index contributed by atoms with van der Waals surface area (Å²) in [4.78, 5) is 0. The summed E-state index contributed by atoms with van der Waals surface area (Å²) in [6.45, 7) is 4.64. The first-order chi connectivity index (χ1) is 19.7. The van der Waals surface area contributed by atoms with E-state index in [4.69, 9.17) is 0 Å². The Kier molecular flexibility index (Phi) is 4.28. The Morgan fingerprint density at radius 2 is 0.600 bits per heavy atom. The summed E-state index contributed by atoms with van der Waals surface area (Å²) in [6, 6.07) is 45.3. The van der Waals surface area contributed by atoms with Crippen molar-refractivity contribution in [2.24, 2.45) is 0 Å². The van der Waals surface area contributed by atoms with Gasteiger partial charge in [0.1, 0.15) is 0 Å². The summed E-state index contributed by atoms with van der Waals surface area (Å²) < 4.78 is 0. The first kappa shape index (κ1) is 21.9. The molecule has 0 radical (unpaired) electrons. The summed E-state index contributed by atoms with van der Waals surface area (Å²) in [5.74, 6) is 0. The van der Waals surface area contributed by atoms with Gasteiger partial charge in [0.05, 0.1) is 0 Å². The standard InChI is InChI=1S/C40H26/c1-23-29-11-7-8-12-30(29)24(2)36-34-22-20-28-18-16-26-10-4-6-14-32(26)38(28)40(34)39-33(35(23)36)21-19-27-17-15-25-9-3-5-13-31(25)37(27)39/h3-22H,1-2H3. The molecule has 0 aliphatic rings. The molecule has 40 heavy (non-hydrogen) atoms. The molecule has 9 aromatic carbocycles. The number of rotatable bonds is 0. The fraction of sp³-hybridized carbons (Fsp3) is 0.0500. The second-order valence-corrected chi connectivity index (χ2v) is 11.3. The van der Waals surface area contributed by atoms with Gasteiger partial charge in [-0.1, -0.05) is 121 Å². The predicted octanol–water partition coefficient (Wildman–Crippen LogP) is 11.5. The van der Waals surface area contributed by atoms with Crippen molar-refractivity contribution in [2.75, 3.05) is 0 Å². The van der Waals surface area contributed by atoms with E-state index in [1.54, 1.807) is 0 Å². The van der Waals surface area contributed by atoms with Crippen molar-refractivity contribution in [3.63, 3.8) is 0 Å². The Morgan fingerprint density at radius 1 is 0.250 bits per heavy atom. The van der Waals surface area contributed by atoms with Gasteiger partial charge in [-0.15, -0.1) is 0 Å². The van der Waals surface area contributed by atoms with Gasteiger partial charge in [0.2, 0.25) is 0 Å². The monoisotopic (exact) mass is 506 g/mol. The summed E-state index contributed by atoms with van der Waals surface area (Å²) in [6.07, 6.45) is 0. The van der Waals surface area contributed by atoms with E-state index >= 15 is 0 Å². The zero-order valence-electron chi connectivity index (χ0n) is 22.5. The van der Waals surface area contributed by atoms with E-state index in [0.717, 1.165) is 0 Å². The lowest BCUT2D eigenvalue weighted by Crippen LogP contribution is -1.94. The van der Waals surface area contributed by atoms with Gasteiger partial charge in [0.15, 0.2) is 0 Å². The van der Waals surface area contributed by atoms with E-state index < -0.39 is 0 Å². The van der Waals surface area contributed by atoms with Crippen LogP contribution in [0.25, 0.3) is 86.2 Å². The molecule has 9 aromatic rings. The summed E-state index contributed by atoms with van der Waals surface area (Å²) >= 11 is 0. The van der Waals surface area contributed by atoms with Gasteiger partial charge >= 0.3 is 0 Å². The molecule has 0 unspecified atom stereocenters. The maximum absolute atomic E-state index is 2.39. The van der Waals surface area contributed by atoms with Gasteiger partial charge in [-0.2, -0.15) is 0 Å². The van der Waals surface area contributed by atoms with Crippen molar-refractivity contribution < 1.29 is 0 Å². The molecule has 0 fully saturated rings. The Labute approximate surface area is 232 Å². The molecule has 0 heteroatoms. The number of benzene rings is 9.